The number of carbonyl (C=O) groups excluding carboxylic acids is 2. The molecule has 25 heavy (non-hydrogen) atoms. The zero-order valence-corrected chi connectivity index (χ0v) is 15.7. The molecule has 1 rings (SSSR count). The lowest BCUT2D eigenvalue weighted by Gasteiger charge is -2.12. The van der Waals surface area contributed by atoms with E-state index in [-0.39, 0.29) is 21.3 Å². The van der Waals surface area contributed by atoms with Gasteiger partial charge >= 0.3 is 0 Å². The highest BCUT2D eigenvalue weighted by Crippen LogP contribution is 2.42. The van der Waals surface area contributed by atoms with Crippen LogP contribution in [0, 0.1) is 0 Å². The summed E-state index contributed by atoms with van der Waals surface area (Å²) in [5.74, 6) is 9.91. The van der Waals surface area contributed by atoms with Crippen LogP contribution in [0.2, 0.25) is 0 Å². The van der Waals surface area contributed by atoms with Gasteiger partial charge in [0.05, 0.1) is 13.2 Å². The Hall–Kier alpha value is -1.84. The Morgan fingerprint density at radius 3 is 1.56 bits per heavy atom. The zero-order chi connectivity index (χ0) is 18.7. The van der Waals surface area contributed by atoms with Crippen LogP contribution < -0.4 is 32.0 Å². The number of nitrogens with two attached hydrogens (primary N) is 2. The fourth-order valence-electron chi connectivity index (χ4n) is 2.15. The van der Waals surface area contributed by atoms with Crippen LogP contribution in [0.3, 0.4) is 0 Å². The van der Waals surface area contributed by atoms with Gasteiger partial charge < -0.3 is 9.47 Å². The molecule has 0 aliphatic carbocycles. The maximum Gasteiger partial charge on any atom is 0.279 e. The van der Waals surface area contributed by atoms with E-state index in [0.29, 0.717) is 13.2 Å². The number of hydrogen-bond acceptors (Lipinski definition) is 7. The number of rotatable bonds is 12. The molecule has 0 aliphatic heterocycles. The van der Waals surface area contributed by atoms with Gasteiger partial charge in [0.1, 0.15) is 9.75 Å². The average molecular weight is 372 g/mol. The van der Waals surface area contributed by atoms with Crippen LogP contribution in [0.4, 0.5) is 0 Å². The first-order valence-corrected chi connectivity index (χ1v) is 9.36. The highest BCUT2D eigenvalue weighted by Gasteiger charge is 2.28. The van der Waals surface area contributed by atoms with Crippen molar-refractivity contribution >= 4 is 23.2 Å². The Morgan fingerprint density at radius 1 is 0.840 bits per heavy atom. The van der Waals surface area contributed by atoms with Gasteiger partial charge in [-0.3, -0.25) is 20.4 Å². The highest BCUT2D eigenvalue weighted by atomic mass is 32.1. The number of hydrogen-bond donors (Lipinski definition) is 4. The molecule has 0 bridgehead atoms. The third-order valence-electron chi connectivity index (χ3n) is 3.49. The van der Waals surface area contributed by atoms with E-state index in [0.717, 1.165) is 49.9 Å². The van der Waals surface area contributed by atoms with Crippen LogP contribution in [-0.2, 0) is 0 Å². The van der Waals surface area contributed by atoms with Gasteiger partial charge in [0.2, 0.25) is 0 Å². The number of nitrogens with one attached hydrogen (secondary N) is 2. The fourth-order valence-corrected chi connectivity index (χ4v) is 3.14. The first kappa shape index (κ1) is 21.2. The monoisotopic (exact) mass is 372 g/mol. The van der Waals surface area contributed by atoms with Crippen LogP contribution in [0.25, 0.3) is 0 Å². The van der Waals surface area contributed by atoms with Crippen molar-refractivity contribution in [2.75, 3.05) is 13.2 Å². The molecule has 0 unspecified atom stereocenters. The van der Waals surface area contributed by atoms with Gasteiger partial charge in [0, 0.05) is 0 Å². The Labute approximate surface area is 152 Å². The second-order valence-electron chi connectivity index (χ2n) is 5.48. The minimum Gasteiger partial charge on any atom is -0.488 e. The van der Waals surface area contributed by atoms with Crippen molar-refractivity contribution in [3.63, 3.8) is 0 Å². The van der Waals surface area contributed by atoms with Crippen molar-refractivity contribution < 1.29 is 19.1 Å². The topological polar surface area (TPSA) is 129 Å². The number of thiophene rings is 1. The fraction of sp³-hybridized carbons (Fsp3) is 0.625. The summed E-state index contributed by atoms with van der Waals surface area (Å²) in [4.78, 5) is 24.5. The second-order valence-corrected chi connectivity index (χ2v) is 6.50. The molecule has 0 aromatic carbocycles. The number of nitrogen functional groups attached to an aromatic ring is 2. The van der Waals surface area contributed by atoms with Gasteiger partial charge in [-0.1, -0.05) is 39.5 Å². The lowest BCUT2D eigenvalue weighted by Crippen LogP contribution is -2.30. The standard InChI is InChI=1S/C16H28N4O4S/c1-3-5-7-9-23-11-12(24-10-8-6-4-2)14(16(22)20-18)25-13(11)15(21)19-17/h3-10,17-18H2,1-2H3,(H,19,21)(H,20,22). The van der Waals surface area contributed by atoms with Crippen molar-refractivity contribution in [3.05, 3.63) is 9.75 Å². The Balaban J connectivity index is 3.11. The molecular formula is C16H28N4O4S. The third-order valence-corrected chi connectivity index (χ3v) is 4.64. The number of ether oxygens (including phenoxy) is 2. The van der Waals surface area contributed by atoms with E-state index in [9.17, 15) is 9.59 Å². The van der Waals surface area contributed by atoms with E-state index in [1.165, 1.54) is 0 Å². The molecule has 6 N–H and O–H groups in total. The molecule has 0 saturated heterocycles. The molecule has 0 atom stereocenters. The summed E-state index contributed by atoms with van der Waals surface area (Å²) >= 11 is 0.945. The van der Waals surface area contributed by atoms with Gasteiger partial charge in [-0.2, -0.15) is 0 Å². The number of hydrazine groups is 2. The predicted molar refractivity (Wildman–Crippen MR) is 97.7 cm³/mol. The van der Waals surface area contributed by atoms with Gasteiger partial charge in [-0.25, -0.2) is 11.7 Å². The SMILES string of the molecule is CCCCCOc1c(C(=O)NN)sc(C(=O)NN)c1OCCCCC. The van der Waals surface area contributed by atoms with E-state index in [4.69, 9.17) is 21.2 Å². The summed E-state index contributed by atoms with van der Waals surface area (Å²) in [6.07, 6.45) is 5.78. The molecule has 0 fully saturated rings. The van der Waals surface area contributed by atoms with Crippen molar-refractivity contribution in [3.8, 4) is 11.5 Å². The maximum absolute atomic E-state index is 12.1. The molecular weight excluding hydrogens is 344 g/mol. The molecule has 0 radical (unpaired) electrons. The molecule has 0 aliphatic rings. The minimum absolute atomic E-state index is 0.197. The molecule has 2 amide bonds. The number of unbranched alkanes of at least 4 members (excludes halogenated alkanes) is 4. The molecule has 0 spiro atoms. The smallest absolute Gasteiger partial charge is 0.279 e. The summed E-state index contributed by atoms with van der Waals surface area (Å²) in [5.41, 5.74) is 4.14. The lowest BCUT2D eigenvalue weighted by atomic mass is 10.2. The number of amides is 2. The largest absolute Gasteiger partial charge is 0.488 e. The van der Waals surface area contributed by atoms with E-state index in [1.807, 2.05) is 0 Å². The highest BCUT2D eigenvalue weighted by molar-refractivity contribution is 7.16. The van der Waals surface area contributed by atoms with E-state index < -0.39 is 11.8 Å². The van der Waals surface area contributed by atoms with Gasteiger partial charge in [0.25, 0.3) is 11.8 Å². The van der Waals surface area contributed by atoms with Crippen LogP contribution in [0.5, 0.6) is 11.5 Å². The van der Waals surface area contributed by atoms with Crippen LogP contribution in [0.15, 0.2) is 0 Å². The summed E-state index contributed by atoms with van der Waals surface area (Å²) < 4.78 is 11.5. The van der Waals surface area contributed by atoms with E-state index >= 15 is 0 Å². The quantitative estimate of drug-likeness (QED) is 0.192. The van der Waals surface area contributed by atoms with Crippen molar-refractivity contribution in [1.29, 1.82) is 0 Å². The first-order valence-electron chi connectivity index (χ1n) is 8.54. The Morgan fingerprint density at radius 2 is 1.24 bits per heavy atom. The Bertz CT molecular complexity index is 516. The predicted octanol–water partition coefficient (Wildman–Crippen LogP) is 2.09. The molecule has 9 heteroatoms. The van der Waals surface area contributed by atoms with Crippen molar-refractivity contribution in [1.82, 2.24) is 10.9 Å². The van der Waals surface area contributed by atoms with E-state index in [2.05, 4.69) is 24.7 Å². The third kappa shape index (κ3) is 6.18. The van der Waals surface area contributed by atoms with Crippen LogP contribution in [0.1, 0.15) is 71.7 Å². The van der Waals surface area contributed by atoms with Crippen LogP contribution in [-0.4, -0.2) is 25.0 Å². The Kier molecular flexibility index (Phi) is 9.90. The molecule has 142 valence electrons. The average Bonchev–Trinajstić information content (AvgIpc) is 2.99. The molecule has 1 aromatic rings. The summed E-state index contributed by atoms with van der Waals surface area (Å²) in [6, 6.07) is 0. The van der Waals surface area contributed by atoms with Crippen molar-refractivity contribution in [2.24, 2.45) is 11.7 Å². The lowest BCUT2D eigenvalue weighted by molar-refractivity contribution is 0.0943. The minimum atomic E-state index is -0.537. The normalized spacial score (nSPS) is 10.4. The summed E-state index contributed by atoms with van der Waals surface area (Å²) in [5, 5.41) is 0. The first-order chi connectivity index (χ1) is 12.1. The van der Waals surface area contributed by atoms with Gasteiger partial charge in [-0.15, -0.1) is 11.3 Å². The van der Waals surface area contributed by atoms with Gasteiger partial charge in [0.15, 0.2) is 11.5 Å². The number of carbonyl (C=O) groups is 2. The molecule has 1 heterocycles. The molecule has 8 nitrogen and oxygen atoms in total. The summed E-state index contributed by atoms with van der Waals surface area (Å²) in [6.45, 7) is 5.02. The van der Waals surface area contributed by atoms with Crippen molar-refractivity contribution in [2.45, 2.75) is 52.4 Å². The molecule has 1 aromatic heterocycles. The second kappa shape index (κ2) is 11.7. The van der Waals surface area contributed by atoms with E-state index in [1.54, 1.807) is 0 Å². The summed E-state index contributed by atoms with van der Waals surface area (Å²) in [7, 11) is 0. The van der Waals surface area contributed by atoms with Gasteiger partial charge in [-0.05, 0) is 12.8 Å². The molecule has 0 saturated carbocycles. The maximum atomic E-state index is 12.1. The van der Waals surface area contributed by atoms with Crippen LogP contribution >= 0.6 is 11.3 Å². The zero-order valence-electron chi connectivity index (χ0n) is 14.9.